The van der Waals surface area contributed by atoms with Gasteiger partial charge in [-0.3, -0.25) is 4.79 Å². The van der Waals surface area contributed by atoms with Crippen molar-refractivity contribution < 1.29 is 14.5 Å². The number of nitrogens with zero attached hydrogens (tertiary/aromatic N) is 2. The molecule has 120 valence electrons. The predicted octanol–water partition coefficient (Wildman–Crippen LogP) is 3.97. The maximum Gasteiger partial charge on any atom is 0.406 e. The zero-order chi connectivity index (χ0) is 17.0. The van der Waals surface area contributed by atoms with Crippen molar-refractivity contribution in [2.45, 2.75) is 0 Å². The number of rotatable bonds is 5. The second-order valence-corrected chi connectivity index (χ2v) is 5.41. The third-order valence-corrected chi connectivity index (χ3v) is 3.37. The van der Waals surface area contributed by atoms with Gasteiger partial charge in [-0.1, -0.05) is 34.8 Å². The number of amides is 1. The standard InChI is InChI=1S/C13H8Cl3N3O4/c14-7-4-8(15)12(9(16)5-7)18-11(20)6-23-10-2-1-3-17-13(10)19(21)22/h1-5H,6H2,(H,18,20). The number of halogens is 3. The molecule has 1 aromatic carbocycles. The molecule has 7 nitrogen and oxygen atoms in total. The minimum Gasteiger partial charge on any atom is -0.476 e. The van der Waals surface area contributed by atoms with E-state index < -0.39 is 23.3 Å². The predicted molar refractivity (Wildman–Crippen MR) is 86.5 cm³/mol. The number of nitro groups is 1. The lowest BCUT2D eigenvalue weighted by Crippen LogP contribution is -2.21. The molecule has 1 amide bonds. The Morgan fingerprint density at radius 1 is 1.30 bits per heavy atom. The van der Waals surface area contributed by atoms with Gasteiger partial charge in [0.25, 0.3) is 5.91 Å². The van der Waals surface area contributed by atoms with E-state index in [0.717, 1.165) is 0 Å². The summed E-state index contributed by atoms with van der Waals surface area (Å²) in [5.41, 5.74) is 0.173. The molecule has 2 aromatic rings. The molecule has 0 atom stereocenters. The first-order valence-corrected chi connectivity index (χ1v) is 7.18. The third-order valence-electron chi connectivity index (χ3n) is 2.55. The molecule has 1 aromatic heterocycles. The van der Waals surface area contributed by atoms with Gasteiger partial charge in [0.05, 0.1) is 15.7 Å². The van der Waals surface area contributed by atoms with Crippen LogP contribution in [0, 0.1) is 10.1 Å². The van der Waals surface area contributed by atoms with Gasteiger partial charge < -0.3 is 20.2 Å². The van der Waals surface area contributed by atoms with Crippen LogP contribution in [0.25, 0.3) is 0 Å². The molecule has 0 spiro atoms. The number of carbonyl (C=O) groups excluding carboxylic acids is 1. The van der Waals surface area contributed by atoms with Crippen LogP contribution in [0.15, 0.2) is 30.5 Å². The lowest BCUT2D eigenvalue weighted by Gasteiger charge is -2.10. The van der Waals surface area contributed by atoms with Gasteiger partial charge in [-0.15, -0.1) is 0 Å². The number of anilines is 1. The number of ether oxygens (including phenoxy) is 1. The molecule has 2 rings (SSSR count). The van der Waals surface area contributed by atoms with Crippen LogP contribution in [0.2, 0.25) is 15.1 Å². The largest absolute Gasteiger partial charge is 0.476 e. The van der Waals surface area contributed by atoms with E-state index in [1.165, 1.54) is 30.5 Å². The fourth-order valence-corrected chi connectivity index (χ4v) is 2.52. The minimum atomic E-state index is -0.708. The second kappa shape index (κ2) is 7.45. The molecule has 0 aliphatic rings. The lowest BCUT2D eigenvalue weighted by atomic mass is 10.3. The van der Waals surface area contributed by atoms with E-state index in [-0.39, 0.29) is 21.5 Å². The van der Waals surface area contributed by atoms with Crippen LogP contribution in [0.5, 0.6) is 5.75 Å². The van der Waals surface area contributed by atoms with E-state index in [0.29, 0.717) is 5.02 Å². The van der Waals surface area contributed by atoms with Crippen molar-refractivity contribution in [3.63, 3.8) is 0 Å². The highest BCUT2D eigenvalue weighted by Gasteiger charge is 2.17. The number of carbonyl (C=O) groups is 1. The van der Waals surface area contributed by atoms with E-state index in [2.05, 4.69) is 10.3 Å². The molecule has 10 heteroatoms. The normalized spacial score (nSPS) is 10.2. The van der Waals surface area contributed by atoms with Gasteiger partial charge >= 0.3 is 5.82 Å². The summed E-state index contributed by atoms with van der Waals surface area (Å²) in [6, 6.07) is 5.61. The molecule has 23 heavy (non-hydrogen) atoms. The molecule has 0 saturated heterocycles. The second-order valence-electron chi connectivity index (χ2n) is 4.16. The van der Waals surface area contributed by atoms with E-state index in [1.807, 2.05) is 0 Å². The summed E-state index contributed by atoms with van der Waals surface area (Å²) < 4.78 is 5.11. The number of hydrogen-bond acceptors (Lipinski definition) is 5. The quantitative estimate of drug-likeness (QED) is 0.629. The number of hydrogen-bond donors (Lipinski definition) is 1. The fraction of sp³-hybridized carbons (Fsp3) is 0.0769. The Morgan fingerprint density at radius 3 is 2.57 bits per heavy atom. The average molecular weight is 377 g/mol. The first kappa shape index (κ1) is 17.3. The van der Waals surface area contributed by atoms with Gasteiger partial charge in [0.2, 0.25) is 5.75 Å². The van der Waals surface area contributed by atoms with Crippen LogP contribution in [0.1, 0.15) is 0 Å². The molecule has 1 N–H and O–H groups in total. The third kappa shape index (κ3) is 4.44. The van der Waals surface area contributed by atoms with Gasteiger partial charge in [-0.25, -0.2) is 0 Å². The highest BCUT2D eigenvalue weighted by atomic mass is 35.5. The molecular formula is C13H8Cl3N3O4. The van der Waals surface area contributed by atoms with Crippen LogP contribution < -0.4 is 10.1 Å². The summed E-state index contributed by atoms with van der Waals surface area (Å²) in [6.07, 6.45) is 1.25. The van der Waals surface area contributed by atoms with E-state index in [1.54, 1.807) is 0 Å². The fourth-order valence-electron chi connectivity index (χ4n) is 1.61. The van der Waals surface area contributed by atoms with Crippen LogP contribution in [-0.4, -0.2) is 22.4 Å². The summed E-state index contributed by atoms with van der Waals surface area (Å²) in [5.74, 6) is -1.21. The molecule has 0 aliphatic carbocycles. The van der Waals surface area contributed by atoms with Crippen LogP contribution in [-0.2, 0) is 4.79 Å². The van der Waals surface area contributed by atoms with Gasteiger partial charge in [0.1, 0.15) is 6.20 Å². The Hall–Kier alpha value is -2.09. The summed E-state index contributed by atoms with van der Waals surface area (Å²) in [7, 11) is 0. The topological polar surface area (TPSA) is 94.4 Å². The molecule has 1 heterocycles. The lowest BCUT2D eigenvalue weighted by molar-refractivity contribution is -0.390. The van der Waals surface area contributed by atoms with Crippen LogP contribution >= 0.6 is 34.8 Å². The number of pyridine rings is 1. The Kier molecular flexibility index (Phi) is 5.59. The molecule has 0 unspecified atom stereocenters. The van der Waals surface area contributed by atoms with Crippen LogP contribution in [0.4, 0.5) is 11.5 Å². The van der Waals surface area contributed by atoms with E-state index >= 15 is 0 Å². The molecule has 0 aliphatic heterocycles. The summed E-state index contributed by atoms with van der Waals surface area (Å²) in [5, 5.41) is 13.9. The summed E-state index contributed by atoms with van der Waals surface area (Å²) >= 11 is 17.6. The van der Waals surface area contributed by atoms with Crippen molar-refractivity contribution in [1.82, 2.24) is 4.98 Å². The Balaban J connectivity index is 2.06. The van der Waals surface area contributed by atoms with Gasteiger partial charge in [-0.2, -0.15) is 0 Å². The smallest absolute Gasteiger partial charge is 0.406 e. The van der Waals surface area contributed by atoms with Crippen molar-refractivity contribution in [3.05, 3.63) is 55.6 Å². The van der Waals surface area contributed by atoms with Crippen molar-refractivity contribution in [1.29, 1.82) is 0 Å². The Morgan fingerprint density at radius 2 is 1.96 bits per heavy atom. The van der Waals surface area contributed by atoms with Crippen molar-refractivity contribution in [3.8, 4) is 5.75 Å². The van der Waals surface area contributed by atoms with Gasteiger partial charge in [0.15, 0.2) is 6.61 Å². The Bertz CT molecular complexity index is 747. The number of nitrogens with one attached hydrogen (secondary N) is 1. The minimum absolute atomic E-state index is 0.124. The first-order chi connectivity index (χ1) is 10.9. The first-order valence-electron chi connectivity index (χ1n) is 6.05. The summed E-state index contributed by atoms with van der Waals surface area (Å²) in [4.78, 5) is 25.5. The zero-order valence-corrected chi connectivity index (χ0v) is 13.5. The van der Waals surface area contributed by atoms with Crippen molar-refractivity contribution in [2.75, 3.05) is 11.9 Å². The number of aromatic nitrogens is 1. The highest BCUT2D eigenvalue weighted by molar-refractivity contribution is 6.42. The summed E-state index contributed by atoms with van der Waals surface area (Å²) in [6.45, 7) is -0.484. The number of benzene rings is 1. The van der Waals surface area contributed by atoms with Gasteiger partial charge in [-0.05, 0) is 34.2 Å². The maximum atomic E-state index is 11.9. The SMILES string of the molecule is O=C(COc1cccnc1[N+](=O)[O-])Nc1c(Cl)cc(Cl)cc1Cl. The van der Waals surface area contributed by atoms with Crippen molar-refractivity contribution in [2.24, 2.45) is 0 Å². The average Bonchev–Trinajstić information content (AvgIpc) is 2.49. The molecule has 0 fully saturated rings. The highest BCUT2D eigenvalue weighted by Crippen LogP contribution is 2.33. The van der Waals surface area contributed by atoms with Crippen molar-refractivity contribution >= 4 is 52.2 Å². The Labute approximate surface area is 145 Å². The van der Waals surface area contributed by atoms with Gasteiger partial charge in [0, 0.05) is 5.02 Å². The monoisotopic (exact) mass is 375 g/mol. The maximum absolute atomic E-state index is 11.9. The zero-order valence-electron chi connectivity index (χ0n) is 11.3. The van der Waals surface area contributed by atoms with Crippen LogP contribution in [0.3, 0.4) is 0 Å². The molecule has 0 saturated carbocycles. The van der Waals surface area contributed by atoms with E-state index in [9.17, 15) is 14.9 Å². The molecule has 0 bridgehead atoms. The molecular weight excluding hydrogens is 369 g/mol. The van der Waals surface area contributed by atoms with E-state index in [4.69, 9.17) is 39.5 Å². The molecule has 0 radical (unpaired) electrons.